The van der Waals surface area contributed by atoms with Gasteiger partial charge in [0.2, 0.25) is 0 Å². The van der Waals surface area contributed by atoms with E-state index in [0.29, 0.717) is 0 Å². The molecular weight excluding hydrogens is 545 g/mol. The summed E-state index contributed by atoms with van der Waals surface area (Å²) in [6, 6.07) is 21.4. The van der Waals surface area contributed by atoms with Gasteiger partial charge in [-0.1, -0.05) is 30.3 Å². The van der Waals surface area contributed by atoms with E-state index >= 15 is 0 Å². The van der Waals surface area contributed by atoms with Crippen molar-refractivity contribution in [3.63, 3.8) is 0 Å². The number of hydrogen-bond donors (Lipinski definition) is 1. The third-order valence-corrected chi connectivity index (χ3v) is 3.99. The number of nitrogens with zero attached hydrogens (tertiary/aromatic N) is 4. The third kappa shape index (κ3) is 5.70. The maximum Gasteiger partial charge on any atom is 0.330 e. The predicted molar refractivity (Wildman–Crippen MR) is 95.7 cm³/mol. The summed E-state index contributed by atoms with van der Waals surface area (Å²) in [6.07, 6.45) is 3.87. The van der Waals surface area contributed by atoms with Gasteiger partial charge < -0.3 is 4.98 Å². The van der Waals surface area contributed by atoms with E-state index < -0.39 is 15.3 Å². The Morgan fingerprint density at radius 2 is 1.56 bits per heavy atom. The second kappa shape index (κ2) is 9.38. The van der Waals surface area contributed by atoms with Crippen LogP contribution in [0.15, 0.2) is 78.6 Å². The van der Waals surface area contributed by atoms with Gasteiger partial charge in [-0.25, -0.2) is 15.0 Å². The number of benzene rings is 2. The van der Waals surface area contributed by atoms with Crippen molar-refractivity contribution in [2.75, 3.05) is 0 Å². The Bertz CT molecular complexity index is 1110. The molecule has 139 valence electrons. The molecule has 4 aromatic rings. The molecule has 4 rings (SSSR count). The molecule has 1 radical (unpaired) electrons. The minimum Gasteiger partial charge on any atom is -0.304 e. The van der Waals surface area contributed by atoms with Gasteiger partial charge in [-0.2, -0.15) is 8.42 Å². The molecule has 0 spiro atoms. The molecule has 9 heteroatoms. The zero-order valence-electron chi connectivity index (χ0n) is 13.7. The molecule has 2 aromatic carbocycles. The van der Waals surface area contributed by atoms with Gasteiger partial charge in [0, 0.05) is 26.3 Å². The van der Waals surface area contributed by atoms with E-state index in [4.69, 9.17) is 4.55 Å². The number of rotatable bonds is 2. The van der Waals surface area contributed by atoms with Crippen LogP contribution in [0, 0.1) is 6.07 Å². The minimum absolute atomic E-state index is 0. The molecule has 0 saturated carbocycles. The molecule has 27 heavy (non-hydrogen) atoms. The first-order valence-electron chi connectivity index (χ1n) is 7.45. The average Bonchev–Trinajstić information content (AvgIpc) is 2.69. The van der Waals surface area contributed by atoms with Crippen molar-refractivity contribution in [3.8, 4) is 11.3 Å². The molecule has 7 nitrogen and oxygen atoms in total. The molecule has 0 aliphatic heterocycles. The van der Waals surface area contributed by atoms with Crippen LogP contribution in [0.4, 0.5) is 0 Å². The summed E-state index contributed by atoms with van der Waals surface area (Å²) in [5.41, 5.74) is 2.01. The second-order valence-electron chi connectivity index (χ2n) is 5.09. The Morgan fingerprint density at radius 3 is 2.15 bits per heavy atom. The zero-order chi connectivity index (χ0) is 18.4. The first-order chi connectivity index (χ1) is 12.5. The molecule has 0 fully saturated rings. The summed E-state index contributed by atoms with van der Waals surface area (Å²) in [6.45, 7) is 0. The standard InChI is InChI=1S/C15H10N.C3H3N3O3S.Ir/c1-2-6-12(7-3-1)15-10-13-8-4-5-9-14(13)11-16-15;7-10(8,9)3-5-1-4-2-6-3;/h1-6,8-11H;1-2H,(H,7,8,9);/q-1;;. The number of aromatic nitrogens is 4. The van der Waals surface area contributed by atoms with Crippen LogP contribution in [-0.2, 0) is 30.2 Å². The second-order valence-corrected chi connectivity index (χ2v) is 6.40. The Balaban J connectivity index is 0.000000208. The van der Waals surface area contributed by atoms with E-state index in [1.807, 2.05) is 42.6 Å². The van der Waals surface area contributed by atoms with Gasteiger partial charge in [-0.3, -0.25) is 4.55 Å². The van der Waals surface area contributed by atoms with Crippen LogP contribution in [-0.4, -0.2) is 32.9 Å². The van der Waals surface area contributed by atoms with E-state index in [2.05, 4.69) is 44.2 Å². The molecule has 0 saturated heterocycles. The summed E-state index contributed by atoms with van der Waals surface area (Å²) >= 11 is 0. The van der Waals surface area contributed by atoms with Gasteiger partial charge >= 0.3 is 10.1 Å². The predicted octanol–water partition coefficient (Wildman–Crippen LogP) is 2.82. The van der Waals surface area contributed by atoms with E-state index in [-0.39, 0.29) is 20.1 Å². The molecule has 0 aliphatic rings. The van der Waals surface area contributed by atoms with Crippen molar-refractivity contribution in [1.29, 1.82) is 0 Å². The Labute approximate surface area is 169 Å². The van der Waals surface area contributed by atoms with Gasteiger partial charge in [0.1, 0.15) is 12.7 Å². The normalized spacial score (nSPS) is 10.4. The Morgan fingerprint density at radius 1 is 0.889 bits per heavy atom. The van der Waals surface area contributed by atoms with Gasteiger partial charge in [0.15, 0.2) is 0 Å². The van der Waals surface area contributed by atoms with Crippen LogP contribution in [0.3, 0.4) is 0 Å². The smallest absolute Gasteiger partial charge is 0.304 e. The fraction of sp³-hybridized carbons (Fsp3) is 0. The molecule has 1 N–H and O–H groups in total. The van der Waals surface area contributed by atoms with E-state index in [1.54, 1.807) is 0 Å². The van der Waals surface area contributed by atoms with Gasteiger partial charge in [-0.15, -0.1) is 35.9 Å². The fourth-order valence-corrected chi connectivity index (χ4v) is 2.51. The summed E-state index contributed by atoms with van der Waals surface area (Å²) in [5, 5.41) is 1.74. The van der Waals surface area contributed by atoms with Crippen molar-refractivity contribution in [2.45, 2.75) is 5.16 Å². The molecule has 0 aliphatic carbocycles. The maximum absolute atomic E-state index is 10.2. The molecule has 0 atom stereocenters. The van der Waals surface area contributed by atoms with Crippen LogP contribution < -0.4 is 0 Å². The van der Waals surface area contributed by atoms with Crippen LogP contribution in [0.2, 0.25) is 0 Å². The maximum atomic E-state index is 10.2. The first kappa shape index (κ1) is 20.7. The van der Waals surface area contributed by atoms with Crippen molar-refractivity contribution in [2.24, 2.45) is 0 Å². The summed E-state index contributed by atoms with van der Waals surface area (Å²) < 4.78 is 28.8. The van der Waals surface area contributed by atoms with E-state index in [0.717, 1.165) is 23.9 Å². The van der Waals surface area contributed by atoms with Crippen LogP contribution in [0.1, 0.15) is 0 Å². The van der Waals surface area contributed by atoms with Crippen LogP contribution >= 0.6 is 0 Å². The molecule has 2 aromatic heterocycles. The van der Waals surface area contributed by atoms with Crippen molar-refractivity contribution in [1.82, 2.24) is 19.9 Å². The van der Waals surface area contributed by atoms with E-state index in [1.165, 1.54) is 10.8 Å². The fourth-order valence-electron chi connectivity index (χ4n) is 2.15. The molecule has 0 amide bonds. The number of pyridine rings is 1. The van der Waals surface area contributed by atoms with Crippen LogP contribution in [0.5, 0.6) is 0 Å². The largest absolute Gasteiger partial charge is 0.330 e. The zero-order valence-corrected chi connectivity index (χ0v) is 16.9. The van der Waals surface area contributed by atoms with Crippen molar-refractivity contribution in [3.05, 3.63) is 79.5 Å². The van der Waals surface area contributed by atoms with E-state index in [9.17, 15) is 8.42 Å². The third-order valence-electron chi connectivity index (χ3n) is 3.32. The summed E-state index contributed by atoms with van der Waals surface area (Å²) in [4.78, 5) is 14.2. The molecule has 0 unspecified atom stereocenters. The molecular formula is C18H13IrN4O3S-. The summed E-state index contributed by atoms with van der Waals surface area (Å²) in [7, 11) is -4.27. The summed E-state index contributed by atoms with van der Waals surface area (Å²) in [5.74, 6) is 0. The Hall–Kier alpha value is -2.58. The average molecular weight is 558 g/mol. The SMILES string of the molecule is O=S(=O)(O)c1ncncn1.[Ir].[c-]1ccccc1-c1cc2ccccc2cn1. The quantitative estimate of drug-likeness (QED) is 0.299. The topological polar surface area (TPSA) is 106 Å². The van der Waals surface area contributed by atoms with Crippen molar-refractivity contribution >= 4 is 20.9 Å². The Kier molecular flexibility index (Phi) is 7.20. The monoisotopic (exact) mass is 558 g/mol. The minimum atomic E-state index is -4.27. The van der Waals surface area contributed by atoms with Crippen LogP contribution in [0.25, 0.3) is 22.0 Å². The van der Waals surface area contributed by atoms with Crippen molar-refractivity contribution < 1.29 is 33.1 Å². The molecule has 0 bridgehead atoms. The first-order valence-corrected chi connectivity index (χ1v) is 8.89. The molecule has 2 heterocycles. The number of fused-ring (bicyclic) bond motifs is 1. The van der Waals surface area contributed by atoms with Gasteiger partial charge in [0.05, 0.1) is 0 Å². The van der Waals surface area contributed by atoms with Gasteiger partial charge in [-0.05, 0) is 16.5 Å². The number of hydrogen-bond acceptors (Lipinski definition) is 6. The van der Waals surface area contributed by atoms with Gasteiger partial charge in [0.25, 0.3) is 5.16 Å².